The summed E-state index contributed by atoms with van der Waals surface area (Å²) < 4.78 is 11.1. The molecule has 0 bridgehead atoms. The Labute approximate surface area is 142 Å². The summed E-state index contributed by atoms with van der Waals surface area (Å²) in [6.45, 7) is 0. The van der Waals surface area contributed by atoms with Crippen molar-refractivity contribution in [1.29, 1.82) is 0 Å². The van der Waals surface area contributed by atoms with E-state index in [0.29, 0.717) is 11.3 Å². The average molecular weight is 331 g/mol. The van der Waals surface area contributed by atoms with Crippen LogP contribution in [0.3, 0.4) is 0 Å². The summed E-state index contributed by atoms with van der Waals surface area (Å²) in [6.07, 6.45) is 5.54. The maximum atomic E-state index is 12.6. The predicted octanol–water partition coefficient (Wildman–Crippen LogP) is 3.17. The largest absolute Gasteiger partial charge is 0.459 e. The van der Waals surface area contributed by atoms with Crippen LogP contribution in [0.4, 0.5) is 5.69 Å². The molecule has 130 valence electrons. The Morgan fingerprint density at radius 2 is 1.79 bits per heavy atom. The standard InChI is InChI=1S/C19H25NO4/c1-20(18(21)13-10-11-13)17-9-4-3-8-16(17)19(22)24-15-7-5-6-14(12-15)23-2/h3-4,8-9,13-15H,5-7,10-12H2,1-2H3/t14-,15-/m1/s1. The highest BCUT2D eigenvalue weighted by molar-refractivity contribution is 6.03. The molecule has 0 aliphatic heterocycles. The normalized spacial score (nSPS) is 23.6. The van der Waals surface area contributed by atoms with Crippen LogP contribution in [-0.2, 0) is 14.3 Å². The van der Waals surface area contributed by atoms with Crippen LogP contribution in [0.1, 0.15) is 48.9 Å². The number of ether oxygens (including phenoxy) is 2. The molecule has 24 heavy (non-hydrogen) atoms. The number of carbonyl (C=O) groups is 2. The van der Waals surface area contributed by atoms with Gasteiger partial charge in [0.15, 0.2) is 0 Å². The Kier molecular flexibility index (Phi) is 5.19. The van der Waals surface area contributed by atoms with E-state index in [9.17, 15) is 9.59 Å². The number of anilines is 1. The lowest BCUT2D eigenvalue weighted by atomic mass is 9.95. The highest BCUT2D eigenvalue weighted by Crippen LogP contribution is 2.33. The molecule has 0 unspecified atom stereocenters. The first-order chi connectivity index (χ1) is 11.6. The molecular weight excluding hydrogens is 306 g/mol. The Morgan fingerprint density at radius 1 is 1.08 bits per heavy atom. The molecule has 0 N–H and O–H groups in total. The van der Waals surface area contributed by atoms with Gasteiger partial charge >= 0.3 is 5.97 Å². The monoisotopic (exact) mass is 331 g/mol. The third kappa shape index (κ3) is 3.78. The Bertz CT molecular complexity index is 611. The second-order valence-corrected chi connectivity index (χ2v) is 6.74. The van der Waals surface area contributed by atoms with Crippen molar-refractivity contribution < 1.29 is 19.1 Å². The van der Waals surface area contributed by atoms with Crippen LogP contribution in [-0.4, -0.2) is 38.2 Å². The third-order valence-electron chi connectivity index (χ3n) is 4.93. The lowest BCUT2D eigenvalue weighted by Crippen LogP contribution is -2.31. The lowest BCUT2D eigenvalue weighted by Gasteiger charge is -2.28. The van der Waals surface area contributed by atoms with Crippen LogP contribution in [0.25, 0.3) is 0 Å². The first-order valence-electron chi connectivity index (χ1n) is 8.70. The van der Waals surface area contributed by atoms with Crippen molar-refractivity contribution in [3.63, 3.8) is 0 Å². The fourth-order valence-electron chi connectivity index (χ4n) is 3.30. The van der Waals surface area contributed by atoms with E-state index in [1.54, 1.807) is 37.3 Å². The molecule has 0 aromatic heterocycles. The molecule has 2 aliphatic rings. The second kappa shape index (κ2) is 7.34. The van der Waals surface area contributed by atoms with Gasteiger partial charge in [-0.3, -0.25) is 4.79 Å². The van der Waals surface area contributed by atoms with Crippen molar-refractivity contribution in [2.24, 2.45) is 5.92 Å². The van der Waals surface area contributed by atoms with E-state index in [1.165, 1.54) is 0 Å². The minimum absolute atomic E-state index is 0.0763. The third-order valence-corrected chi connectivity index (χ3v) is 4.93. The van der Waals surface area contributed by atoms with Gasteiger partial charge in [-0.1, -0.05) is 12.1 Å². The van der Waals surface area contributed by atoms with Gasteiger partial charge in [-0.15, -0.1) is 0 Å². The van der Waals surface area contributed by atoms with Crippen molar-refractivity contribution in [1.82, 2.24) is 0 Å². The minimum atomic E-state index is -0.359. The van der Waals surface area contributed by atoms with Gasteiger partial charge in [0, 0.05) is 26.5 Å². The van der Waals surface area contributed by atoms with Crippen molar-refractivity contribution in [3.8, 4) is 0 Å². The van der Waals surface area contributed by atoms with Crippen LogP contribution in [0.2, 0.25) is 0 Å². The number of carbonyl (C=O) groups excluding carboxylic acids is 2. The zero-order valence-electron chi connectivity index (χ0n) is 14.4. The van der Waals surface area contributed by atoms with E-state index in [0.717, 1.165) is 38.5 Å². The topological polar surface area (TPSA) is 55.8 Å². The van der Waals surface area contributed by atoms with E-state index < -0.39 is 0 Å². The molecule has 0 spiro atoms. The molecule has 2 saturated carbocycles. The fraction of sp³-hybridized carbons (Fsp3) is 0.579. The van der Waals surface area contributed by atoms with Crippen LogP contribution < -0.4 is 4.90 Å². The molecule has 0 heterocycles. The van der Waals surface area contributed by atoms with Gasteiger partial charge in [0.25, 0.3) is 0 Å². The quantitative estimate of drug-likeness (QED) is 0.778. The highest BCUT2D eigenvalue weighted by atomic mass is 16.5. The van der Waals surface area contributed by atoms with E-state index in [1.807, 2.05) is 6.07 Å². The molecule has 1 aromatic rings. The van der Waals surface area contributed by atoms with E-state index >= 15 is 0 Å². The fourth-order valence-corrected chi connectivity index (χ4v) is 3.30. The number of amides is 1. The number of benzene rings is 1. The van der Waals surface area contributed by atoms with E-state index in [-0.39, 0.29) is 30.0 Å². The molecule has 5 nitrogen and oxygen atoms in total. The smallest absolute Gasteiger partial charge is 0.340 e. The molecule has 2 atom stereocenters. The van der Waals surface area contributed by atoms with Gasteiger partial charge in [-0.2, -0.15) is 0 Å². The Morgan fingerprint density at radius 3 is 2.50 bits per heavy atom. The summed E-state index contributed by atoms with van der Waals surface area (Å²) in [7, 11) is 3.43. The summed E-state index contributed by atoms with van der Waals surface area (Å²) in [5, 5.41) is 0. The van der Waals surface area contributed by atoms with E-state index in [2.05, 4.69) is 0 Å². The van der Waals surface area contributed by atoms with Gasteiger partial charge in [0.2, 0.25) is 5.91 Å². The van der Waals surface area contributed by atoms with Crippen LogP contribution in [0.15, 0.2) is 24.3 Å². The lowest BCUT2D eigenvalue weighted by molar-refractivity contribution is -0.119. The van der Waals surface area contributed by atoms with Crippen molar-refractivity contribution in [2.75, 3.05) is 19.1 Å². The number of rotatable bonds is 5. The first-order valence-corrected chi connectivity index (χ1v) is 8.70. The highest BCUT2D eigenvalue weighted by Gasteiger charge is 2.34. The molecule has 2 fully saturated rings. The SMILES string of the molecule is CO[C@@H]1CCC[C@@H](OC(=O)c2ccccc2N(C)C(=O)C2CC2)C1. The molecular formula is C19H25NO4. The van der Waals surface area contributed by atoms with E-state index in [4.69, 9.17) is 9.47 Å². The number of hydrogen-bond acceptors (Lipinski definition) is 4. The summed E-state index contributed by atoms with van der Waals surface area (Å²) in [5.74, 6) is -0.171. The Balaban J connectivity index is 1.71. The molecule has 2 aliphatic carbocycles. The number of hydrogen-bond donors (Lipinski definition) is 0. The van der Waals surface area contributed by atoms with Crippen molar-refractivity contribution in [3.05, 3.63) is 29.8 Å². The summed E-state index contributed by atoms with van der Waals surface area (Å²) >= 11 is 0. The van der Waals surface area contributed by atoms with Crippen LogP contribution >= 0.6 is 0 Å². The molecule has 3 rings (SSSR count). The average Bonchev–Trinajstić information content (AvgIpc) is 3.45. The first kappa shape index (κ1) is 17.0. The van der Waals surface area contributed by atoms with Crippen LogP contribution in [0.5, 0.6) is 0 Å². The van der Waals surface area contributed by atoms with Crippen molar-refractivity contribution >= 4 is 17.6 Å². The zero-order chi connectivity index (χ0) is 17.1. The van der Waals surface area contributed by atoms with Crippen LogP contribution in [0, 0.1) is 5.92 Å². The molecule has 1 aromatic carbocycles. The Hall–Kier alpha value is -1.88. The second-order valence-electron chi connectivity index (χ2n) is 6.74. The summed E-state index contributed by atoms with van der Waals surface area (Å²) in [4.78, 5) is 26.5. The van der Waals surface area contributed by atoms with Gasteiger partial charge in [0.1, 0.15) is 6.10 Å². The summed E-state index contributed by atoms with van der Waals surface area (Å²) in [5.41, 5.74) is 1.08. The predicted molar refractivity (Wildman–Crippen MR) is 91.0 cm³/mol. The summed E-state index contributed by atoms with van der Waals surface area (Å²) in [6, 6.07) is 7.17. The maximum Gasteiger partial charge on any atom is 0.340 e. The number of nitrogens with zero attached hydrogens (tertiary/aromatic N) is 1. The van der Waals surface area contributed by atoms with Gasteiger partial charge in [-0.25, -0.2) is 4.79 Å². The molecule has 1 amide bonds. The van der Waals surface area contributed by atoms with Gasteiger partial charge < -0.3 is 14.4 Å². The number of esters is 1. The maximum absolute atomic E-state index is 12.6. The molecule has 5 heteroatoms. The van der Waals surface area contributed by atoms with Gasteiger partial charge in [-0.05, 0) is 44.2 Å². The number of methoxy groups -OCH3 is 1. The minimum Gasteiger partial charge on any atom is -0.459 e. The number of para-hydroxylation sites is 1. The van der Waals surface area contributed by atoms with Crippen molar-refractivity contribution in [2.45, 2.75) is 50.7 Å². The van der Waals surface area contributed by atoms with Gasteiger partial charge in [0.05, 0.1) is 17.4 Å². The molecule has 0 saturated heterocycles. The zero-order valence-corrected chi connectivity index (χ0v) is 14.4. The molecule has 0 radical (unpaired) electrons.